The minimum absolute atomic E-state index is 0.993. The van der Waals surface area contributed by atoms with Gasteiger partial charge in [-0.05, 0) is 6.42 Å². The first-order chi connectivity index (χ1) is 3.93. The Labute approximate surface area is 48.5 Å². The lowest BCUT2D eigenvalue weighted by Gasteiger charge is -1.82. The normalized spacial score (nSPS) is 9.62. The van der Waals surface area contributed by atoms with Gasteiger partial charge in [0.15, 0.2) is 0 Å². The molecule has 1 aromatic rings. The Bertz CT molecular complexity index is 134. The molecule has 0 atom stereocenters. The van der Waals surface area contributed by atoms with E-state index in [1.807, 2.05) is 0 Å². The van der Waals surface area contributed by atoms with Gasteiger partial charge < -0.3 is 4.42 Å². The summed E-state index contributed by atoms with van der Waals surface area (Å²) in [6, 6.07) is 0. The first kappa shape index (κ1) is 5.35. The first-order valence-electron chi connectivity index (χ1n) is 2.74. The fourth-order valence-electron chi connectivity index (χ4n) is 0.577. The highest BCUT2D eigenvalue weighted by atomic mass is 16.3. The highest BCUT2D eigenvalue weighted by molar-refractivity contribution is 4.89. The molecule has 0 saturated carbocycles. The van der Waals surface area contributed by atoms with E-state index in [-0.39, 0.29) is 0 Å². The molecule has 8 heavy (non-hydrogen) atoms. The van der Waals surface area contributed by atoms with Crippen LogP contribution in [0.15, 0.2) is 10.7 Å². The molecular weight excluding hydrogens is 102 g/mol. The van der Waals surface area contributed by atoms with Crippen molar-refractivity contribution in [3.63, 3.8) is 0 Å². The molecule has 0 fully saturated rings. The molecule has 1 aromatic heterocycles. The summed E-state index contributed by atoms with van der Waals surface area (Å²) in [5.41, 5.74) is 0.993. The molecule has 0 aromatic carbocycles. The zero-order chi connectivity index (χ0) is 5.82. The molecule has 0 unspecified atom stereocenters. The predicted octanol–water partition coefficient (Wildman–Crippen LogP) is 1.43. The fraction of sp³-hybridized carbons (Fsp3) is 0.500. The van der Waals surface area contributed by atoms with E-state index in [0.717, 1.165) is 18.5 Å². The summed E-state index contributed by atoms with van der Waals surface area (Å²) in [4.78, 5) is 3.81. The van der Waals surface area contributed by atoms with Crippen LogP contribution < -0.4 is 0 Å². The second kappa shape index (κ2) is 2.50. The quantitative estimate of drug-likeness (QED) is 0.575. The van der Waals surface area contributed by atoms with Gasteiger partial charge in [-0.1, -0.05) is 13.3 Å². The lowest BCUT2D eigenvalue weighted by atomic mass is 10.3. The molecule has 0 N–H and O–H groups in total. The average molecular weight is 110 g/mol. The predicted molar refractivity (Wildman–Crippen MR) is 29.3 cm³/mol. The van der Waals surface area contributed by atoms with Crippen LogP contribution in [0, 0.1) is 6.39 Å². The van der Waals surface area contributed by atoms with Crippen LogP contribution >= 0.6 is 0 Å². The number of oxazole rings is 1. The van der Waals surface area contributed by atoms with Gasteiger partial charge in [0.1, 0.15) is 6.26 Å². The minimum Gasteiger partial charge on any atom is -0.441 e. The third-order valence-electron chi connectivity index (χ3n) is 0.943. The van der Waals surface area contributed by atoms with E-state index in [1.54, 1.807) is 6.26 Å². The molecule has 1 heterocycles. The maximum absolute atomic E-state index is 4.63. The molecule has 0 saturated heterocycles. The summed E-state index contributed by atoms with van der Waals surface area (Å²) in [6.45, 7) is 2.11. The smallest absolute Gasteiger partial charge is 0.283 e. The van der Waals surface area contributed by atoms with Crippen LogP contribution in [0.5, 0.6) is 0 Å². The Balaban J connectivity index is 2.50. The van der Waals surface area contributed by atoms with Crippen molar-refractivity contribution in [3.05, 3.63) is 18.4 Å². The zero-order valence-corrected chi connectivity index (χ0v) is 4.85. The van der Waals surface area contributed by atoms with Crippen LogP contribution in [0.1, 0.15) is 19.0 Å². The van der Waals surface area contributed by atoms with E-state index in [0.29, 0.717) is 0 Å². The van der Waals surface area contributed by atoms with Crippen molar-refractivity contribution in [2.75, 3.05) is 0 Å². The standard InChI is InChI=1S/C6H8NO/c1-2-3-6-4-8-5-7-6/h4H,2-3H2,1H3. The van der Waals surface area contributed by atoms with Gasteiger partial charge in [-0.3, -0.25) is 0 Å². The van der Waals surface area contributed by atoms with Gasteiger partial charge in [-0.25, -0.2) is 4.98 Å². The third-order valence-corrected chi connectivity index (χ3v) is 0.943. The van der Waals surface area contributed by atoms with Gasteiger partial charge >= 0.3 is 0 Å². The molecule has 1 radical (unpaired) electrons. The molecule has 0 amide bonds. The number of hydrogen-bond acceptors (Lipinski definition) is 2. The number of nitrogens with zero attached hydrogens (tertiary/aromatic N) is 1. The monoisotopic (exact) mass is 110 g/mol. The van der Waals surface area contributed by atoms with Crippen molar-refractivity contribution in [3.8, 4) is 0 Å². The van der Waals surface area contributed by atoms with E-state index >= 15 is 0 Å². The van der Waals surface area contributed by atoms with Crippen molar-refractivity contribution < 1.29 is 4.42 Å². The minimum atomic E-state index is 0.993. The molecule has 1 rings (SSSR count). The van der Waals surface area contributed by atoms with E-state index < -0.39 is 0 Å². The first-order valence-corrected chi connectivity index (χ1v) is 2.74. The van der Waals surface area contributed by atoms with Gasteiger partial charge in [0.25, 0.3) is 6.39 Å². The lowest BCUT2D eigenvalue weighted by Crippen LogP contribution is -1.79. The summed E-state index contributed by atoms with van der Waals surface area (Å²) in [7, 11) is 0. The maximum Gasteiger partial charge on any atom is 0.283 e. The number of rotatable bonds is 2. The topological polar surface area (TPSA) is 26.0 Å². The van der Waals surface area contributed by atoms with E-state index in [1.165, 1.54) is 0 Å². The molecule has 0 spiro atoms. The lowest BCUT2D eigenvalue weighted by molar-refractivity contribution is 0.546. The largest absolute Gasteiger partial charge is 0.441 e. The van der Waals surface area contributed by atoms with Crippen molar-refractivity contribution in [1.29, 1.82) is 0 Å². The van der Waals surface area contributed by atoms with Crippen LogP contribution in [0.2, 0.25) is 0 Å². The van der Waals surface area contributed by atoms with Crippen molar-refractivity contribution >= 4 is 0 Å². The van der Waals surface area contributed by atoms with Gasteiger partial charge in [-0.15, -0.1) is 0 Å². The number of aromatic nitrogens is 1. The molecule has 0 bridgehead atoms. The molecule has 43 valence electrons. The van der Waals surface area contributed by atoms with Crippen molar-refractivity contribution in [1.82, 2.24) is 4.98 Å². The summed E-state index contributed by atoms with van der Waals surface area (Å²) >= 11 is 0. The zero-order valence-electron chi connectivity index (χ0n) is 4.85. The van der Waals surface area contributed by atoms with Gasteiger partial charge in [-0.2, -0.15) is 0 Å². The Morgan fingerprint density at radius 1 is 1.88 bits per heavy atom. The summed E-state index contributed by atoms with van der Waals surface area (Å²) in [5, 5.41) is 0. The Morgan fingerprint density at radius 2 is 2.75 bits per heavy atom. The average Bonchev–Trinajstić information content (AvgIpc) is 2.19. The Kier molecular flexibility index (Phi) is 1.67. The van der Waals surface area contributed by atoms with Crippen molar-refractivity contribution in [2.45, 2.75) is 19.8 Å². The molecule has 0 aliphatic rings. The maximum atomic E-state index is 4.63. The number of aryl methyl sites for hydroxylation is 1. The third kappa shape index (κ3) is 1.09. The van der Waals surface area contributed by atoms with Gasteiger partial charge in [0.2, 0.25) is 0 Å². The molecule has 0 aliphatic heterocycles. The highest BCUT2D eigenvalue weighted by Crippen LogP contribution is 1.96. The second-order valence-corrected chi connectivity index (χ2v) is 1.68. The second-order valence-electron chi connectivity index (χ2n) is 1.68. The number of hydrogen-bond donors (Lipinski definition) is 0. The van der Waals surface area contributed by atoms with E-state index in [9.17, 15) is 0 Å². The Morgan fingerprint density at radius 3 is 3.25 bits per heavy atom. The van der Waals surface area contributed by atoms with E-state index in [2.05, 4.69) is 22.7 Å². The van der Waals surface area contributed by atoms with Crippen LogP contribution in [-0.4, -0.2) is 4.98 Å². The molecule has 2 nitrogen and oxygen atoms in total. The van der Waals surface area contributed by atoms with Crippen LogP contribution in [0.3, 0.4) is 0 Å². The Hall–Kier alpha value is -0.790. The van der Waals surface area contributed by atoms with Crippen LogP contribution in [0.25, 0.3) is 0 Å². The van der Waals surface area contributed by atoms with E-state index in [4.69, 9.17) is 0 Å². The summed E-state index contributed by atoms with van der Waals surface area (Å²) < 4.78 is 4.63. The summed E-state index contributed by atoms with van der Waals surface area (Å²) in [6.07, 6.45) is 6.12. The van der Waals surface area contributed by atoms with Gasteiger partial charge in [0, 0.05) is 0 Å². The highest BCUT2D eigenvalue weighted by Gasteiger charge is 1.90. The van der Waals surface area contributed by atoms with Crippen LogP contribution in [-0.2, 0) is 6.42 Å². The molecular formula is C6H8NO. The molecule has 0 aliphatic carbocycles. The van der Waals surface area contributed by atoms with Crippen LogP contribution in [0.4, 0.5) is 0 Å². The van der Waals surface area contributed by atoms with Crippen molar-refractivity contribution in [2.24, 2.45) is 0 Å². The fourth-order valence-corrected chi connectivity index (χ4v) is 0.577. The molecule has 2 heteroatoms. The summed E-state index contributed by atoms with van der Waals surface area (Å²) in [5.74, 6) is 0. The van der Waals surface area contributed by atoms with Gasteiger partial charge in [0.05, 0.1) is 5.69 Å². The SMILES string of the molecule is CCCc1co[c]n1.